The lowest BCUT2D eigenvalue weighted by molar-refractivity contribution is 0.165. The lowest BCUT2D eigenvalue weighted by Crippen LogP contribution is -2.18. The largest absolute Gasteiger partial charge is 0.493 e. The Morgan fingerprint density at radius 3 is 2.89 bits per heavy atom. The van der Waals surface area contributed by atoms with Gasteiger partial charge in [0.1, 0.15) is 13.2 Å². The fraction of sp³-hybridized carbons (Fsp3) is 0.571. The number of benzene rings is 1. The monoisotopic (exact) mass is 251 g/mol. The molecule has 0 saturated heterocycles. The lowest BCUT2D eigenvalue weighted by atomic mass is 10.1. The van der Waals surface area contributed by atoms with Gasteiger partial charge in [-0.15, -0.1) is 0 Å². The summed E-state index contributed by atoms with van der Waals surface area (Å²) in [6, 6.07) is 4.03. The maximum Gasteiger partial charge on any atom is 0.203 e. The van der Waals surface area contributed by atoms with E-state index in [1.807, 2.05) is 12.1 Å². The number of hydrogen-bond donors (Lipinski definition) is 1. The Bertz CT molecular complexity index is 376. The first kappa shape index (κ1) is 13.0. The first-order valence-corrected chi connectivity index (χ1v) is 6.52. The van der Waals surface area contributed by atoms with Gasteiger partial charge in [-0.25, -0.2) is 0 Å². The van der Waals surface area contributed by atoms with E-state index in [2.05, 4.69) is 12.2 Å². The minimum atomic E-state index is 0.581. The Balaban J connectivity index is 2.06. The average Bonchev–Trinajstić information content (AvgIpc) is 2.42. The van der Waals surface area contributed by atoms with Gasteiger partial charge in [-0.2, -0.15) is 0 Å². The zero-order chi connectivity index (χ0) is 12.8. The molecule has 0 spiro atoms. The molecule has 1 aromatic carbocycles. The summed E-state index contributed by atoms with van der Waals surface area (Å²) in [5.41, 5.74) is 1.16. The van der Waals surface area contributed by atoms with E-state index >= 15 is 0 Å². The topological polar surface area (TPSA) is 39.7 Å². The molecule has 0 aliphatic carbocycles. The smallest absolute Gasteiger partial charge is 0.203 e. The summed E-state index contributed by atoms with van der Waals surface area (Å²) < 4.78 is 16.5. The summed E-state index contributed by atoms with van der Waals surface area (Å²) in [5.74, 6) is 2.26. The molecule has 0 amide bonds. The van der Waals surface area contributed by atoms with Crippen molar-refractivity contribution in [1.82, 2.24) is 5.32 Å². The van der Waals surface area contributed by atoms with Crippen LogP contribution in [0.15, 0.2) is 12.1 Å². The van der Waals surface area contributed by atoms with Crippen molar-refractivity contribution in [1.29, 1.82) is 0 Å². The van der Waals surface area contributed by atoms with Crippen LogP contribution in [0.2, 0.25) is 0 Å². The van der Waals surface area contributed by atoms with Crippen LogP contribution in [0.1, 0.15) is 25.3 Å². The third-order valence-corrected chi connectivity index (χ3v) is 2.92. The van der Waals surface area contributed by atoms with E-state index in [0.717, 1.165) is 35.9 Å². The summed E-state index contributed by atoms with van der Waals surface area (Å²) in [6.07, 6.45) is 2.40. The van der Waals surface area contributed by atoms with Gasteiger partial charge in [0.25, 0.3) is 0 Å². The highest BCUT2D eigenvalue weighted by Gasteiger charge is 2.18. The molecule has 0 bridgehead atoms. The van der Waals surface area contributed by atoms with Gasteiger partial charge in [-0.1, -0.05) is 13.3 Å². The van der Waals surface area contributed by atoms with Crippen LogP contribution in [0, 0.1) is 0 Å². The van der Waals surface area contributed by atoms with E-state index in [9.17, 15) is 0 Å². The Labute approximate surface area is 108 Å². The standard InChI is InChI=1S/C14H21NO3/c1-3-4-5-15-10-11-8-12(16-2)14-13(9-11)17-6-7-18-14/h8-9,15H,3-7,10H2,1-2H3. The quantitative estimate of drug-likeness (QED) is 0.788. The molecule has 0 unspecified atom stereocenters. The molecular formula is C14H21NO3. The third-order valence-electron chi connectivity index (χ3n) is 2.92. The van der Waals surface area contributed by atoms with E-state index in [1.165, 1.54) is 12.8 Å². The van der Waals surface area contributed by atoms with Crippen molar-refractivity contribution in [3.8, 4) is 17.2 Å². The van der Waals surface area contributed by atoms with Crippen LogP contribution in [0.25, 0.3) is 0 Å². The van der Waals surface area contributed by atoms with Crippen LogP contribution in [0.5, 0.6) is 17.2 Å². The maximum absolute atomic E-state index is 5.60. The first-order valence-electron chi connectivity index (χ1n) is 6.52. The zero-order valence-corrected chi connectivity index (χ0v) is 11.1. The molecule has 1 aliphatic heterocycles. The van der Waals surface area contributed by atoms with Crippen molar-refractivity contribution in [3.63, 3.8) is 0 Å². The molecule has 0 fully saturated rings. The number of fused-ring (bicyclic) bond motifs is 1. The molecule has 0 aromatic heterocycles. The predicted octanol–water partition coefficient (Wildman–Crippen LogP) is 2.36. The van der Waals surface area contributed by atoms with Gasteiger partial charge in [0.2, 0.25) is 5.75 Å². The number of unbranched alkanes of at least 4 members (excludes halogenated alkanes) is 1. The fourth-order valence-corrected chi connectivity index (χ4v) is 1.96. The molecule has 2 rings (SSSR count). The number of methoxy groups -OCH3 is 1. The molecule has 4 heteroatoms. The van der Waals surface area contributed by atoms with E-state index in [0.29, 0.717) is 13.2 Å². The van der Waals surface area contributed by atoms with Crippen LogP contribution >= 0.6 is 0 Å². The summed E-state index contributed by atoms with van der Waals surface area (Å²) >= 11 is 0. The molecular weight excluding hydrogens is 230 g/mol. The Hall–Kier alpha value is -1.42. The molecule has 0 saturated carbocycles. The third kappa shape index (κ3) is 3.07. The second-order valence-electron chi connectivity index (χ2n) is 4.35. The molecule has 4 nitrogen and oxygen atoms in total. The van der Waals surface area contributed by atoms with Gasteiger partial charge in [-0.3, -0.25) is 0 Å². The van der Waals surface area contributed by atoms with Crippen LogP contribution in [-0.2, 0) is 6.54 Å². The highest BCUT2D eigenvalue weighted by atomic mass is 16.6. The highest BCUT2D eigenvalue weighted by molar-refractivity contribution is 5.54. The van der Waals surface area contributed by atoms with Gasteiger partial charge in [-0.05, 0) is 30.7 Å². The normalized spacial score (nSPS) is 13.4. The van der Waals surface area contributed by atoms with Gasteiger partial charge in [0.05, 0.1) is 7.11 Å². The van der Waals surface area contributed by atoms with Gasteiger partial charge in [0, 0.05) is 6.54 Å². The predicted molar refractivity (Wildman–Crippen MR) is 70.6 cm³/mol. The zero-order valence-electron chi connectivity index (χ0n) is 11.1. The van der Waals surface area contributed by atoms with Gasteiger partial charge >= 0.3 is 0 Å². The van der Waals surface area contributed by atoms with Crippen molar-refractivity contribution in [2.75, 3.05) is 26.9 Å². The van der Waals surface area contributed by atoms with Crippen molar-refractivity contribution < 1.29 is 14.2 Å². The first-order chi connectivity index (χ1) is 8.85. The highest BCUT2D eigenvalue weighted by Crippen LogP contribution is 2.40. The van der Waals surface area contributed by atoms with Crippen molar-refractivity contribution in [2.24, 2.45) is 0 Å². The molecule has 1 aliphatic rings. The Kier molecular flexibility index (Phi) is 4.70. The fourth-order valence-electron chi connectivity index (χ4n) is 1.96. The minimum absolute atomic E-state index is 0.581. The molecule has 0 radical (unpaired) electrons. The maximum atomic E-state index is 5.60. The van der Waals surface area contributed by atoms with Gasteiger partial charge < -0.3 is 19.5 Å². The SMILES string of the molecule is CCCCNCc1cc(OC)c2c(c1)OCCO2. The number of ether oxygens (including phenoxy) is 3. The summed E-state index contributed by atoms with van der Waals surface area (Å²) in [6.45, 7) is 5.23. The van der Waals surface area contributed by atoms with Crippen LogP contribution in [-0.4, -0.2) is 26.9 Å². The molecule has 1 N–H and O–H groups in total. The van der Waals surface area contributed by atoms with Crippen LogP contribution < -0.4 is 19.5 Å². The lowest BCUT2D eigenvalue weighted by Gasteiger charge is -2.21. The summed E-state index contributed by atoms with van der Waals surface area (Å²) in [4.78, 5) is 0. The number of nitrogens with one attached hydrogen (secondary N) is 1. The summed E-state index contributed by atoms with van der Waals surface area (Å²) in [5, 5.41) is 3.41. The molecule has 1 aromatic rings. The second-order valence-corrected chi connectivity index (χ2v) is 4.35. The van der Waals surface area contributed by atoms with Crippen LogP contribution in [0.3, 0.4) is 0 Å². The van der Waals surface area contributed by atoms with Crippen molar-refractivity contribution in [3.05, 3.63) is 17.7 Å². The minimum Gasteiger partial charge on any atom is -0.493 e. The molecule has 18 heavy (non-hydrogen) atoms. The molecule has 0 atom stereocenters. The second kappa shape index (κ2) is 6.50. The average molecular weight is 251 g/mol. The number of hydrogen-bond acceptors (Lipinski definition) is 4. The van der Waals surface area contributed by atoms with Crippen molar-refractivity contribution >= 4 is 0 Å². The van der Waals surface area contributed by atoms with Crippen molar-refractivity contribution in [2.45, 2.75) is 26.3 Å². The van der Waals surface area contributed by atoms with E-state index in [-0.39, 0.29) is 0 Å². The van der Waals surface area contributed by atoms with Gasteiger partial charge in [0.15, 0.2) is 11.5 Å². The summed E-state index contributed by atoms with van der Waals surface area (Å²) in [7, 11) is 1.65. The number of rotatable bonds is 6. The molecule has 100 valence electrons. The van der Waals surface area contributed by atoms with Crippen LogP contribution in [0.4, 0.5) is 0 Å². The van der Waals surface area contributed by atoms with E-state index in [1.54, 1.807) is 7.11 Å². The van der Waals surface area contributed by atoms with E-state index < -0.39 is 0 Å². The Morgan fingerprint density at radius 2 is 2.11 bits per heavy atom. The molecule has 1 heterocycles. The van der Waals surface area contributed by atoms with E-state index in [4.69, 9.17) is 14.2 Å². The Morgan fingerprint density at radius 1 is 1.28 bits per heavy atom.